The molecule has 0 atom stereocenters. The fourth-order valence-corrected chi connectivity index (χ4v) is 3.06. The van der Waals surface area contributed by atoms with E-state index < -0.39 is 0 Å². The number of carbonyl (C=O) groups is 1. The van der Waals surface area contributed by atoms with Crippen molar-refractivity contribution in [2.45, 2.75) is 13.3 Å². The smallest absolute Gasteiger partial charge is 0.251 e. The Balaban J connectivity index is 1.62. The lowest BCUT2D eigenvalue weighted by Crippen LogP contribution is -2.25. The average Bonchev–Trinajstić information content (AvgIpc) is 3.16. The zero-order chi connectivity index (χ0) is 17.1. The van der Waals surface area contributed by atoms with Crippen molar-refractivity contribution in [1.82, 2.24) is 25.1 Å². The summed E-state index contributed by atoms with van der Waals surface area (Å²) < 4.78 is 12.0. The Labute approximate surface area is 142 Å². The molecule has 126 valence electrons. The van der Waals surface area contributed by atoms with E-state index in [1.165, 1.54) is 11.3 Å². The molecule has 9 heteroatoms. The Morgan fingerprint density at radius 3 is 2.54 bits per heavy atom. The second-order valence-electron chi connectivity index (χ2n) is 5.04. The van der Waals surface area contributed by atoms with Gasteiger partial charge in [-0.25, -0.2) is 0 Å². The van der Waals surface area contributed by atoms with E-state index in [4.69, 9.17) is 9.47 Å². The lowest BCUT2D eigenvalue weighted by atomic mass is 10.2. The van der Waals surface area contributed by atoms with Crippen molar-refractivity contribution >= 4 is 22.2 Å². The quantitative estimate of drug-likeness (QED) is 0.726. The number of nitrogens with one attached hydrogen (secondary N) is 1. The molecule has 0 saturated heterocycles. The summed E-state index contributed by atoms with van der Waals surface area (Å²) in [6.45, 7) is 2.32. The first-order valence-corrected chi connectivity index (χ1v) is 8.11. The van der Waals surface area contributed by atoms with Crippen LogP contribution in [0.3, 0.4) is 0 Å². The van der Waals surface area contributed by atoms with E-state index in [1.807, 2.05) is 6.92 Å². The first kappa shape index (κ1) is 16.2. The number of aromatic nitrogens is 4. The number of benzene rings is 1. The van der Waals surface area contributed by atoms with Crippen LogP contribution in [0.4, 0.5) is 0 Å². The third kappa shape index (κ3) is 3.30. The third-order valence-electron chi connectivity index (χ3n) is 3.43. The van der Waals surface area contributed by atoms with Gasteiger partial charge in [0.1, 0.15) is 16.5 Å². The van der Waals surface area contributed by atoms with Crippen LogP contribution in [0.15, 0.2) is 18.2 Å². The predicted octanol–water partition coefficient (Wildman–Crippen LogP) is 1.48. The van der Waals surface area contributed by atoms with E-state index in [0.29, 0.717) is 30.0 Å². The van der Waals surface area contributed by atoms with Crippen molar-refractivity contribution in [2.75, 3.05) is 20.8 Å². The normalized spacial score (nSPS) is 10.8. The van der Waals surface area contributed by atoms with Gasteiger partial charge in [0.05, 0.1) is 14.2 Å². The summed E-state index contributed by atoms with van der Waals surface area (Å²) >= 11 is 1.46. The molecule has 1 aromatic carbocycles. The van der Waals surface area contributed by atoms with Gasteiger partial charge in [-0.3, -0.25) is 4.79 Å². The molecule has 2 aromatic heterocycles. The molecular weight excluding hydrogens is 330 g/mol. The first-order valence-electron chi connectivity index (χ1n) is 7.29. The van der Waals surface area contributed by atoms with Gasteiger partial charge in [-0.05, 0) is 19.1 Å². The standard InChI is InChI=1S/C15H17N5O3S/c1-9-17-18-15-20(9)19-13(24-15)4-5-16-14(21)10-6-11(22-2)8-12(7-10)23-3/h6-8H,4-5H2,1-3H3,(H,16,21). The third-order valence-corrected chi connectivity index (χ3v) is 4.39. The van der Waals surface area contributed by atoms with Gasteiger partial charge in [0.15, 0.2) is 5.82 Å². The molecule has 3 aromatic rings. The number of carbonyl (C=O) groups excluding carboxylic acids is 1. The molecule has 1 amide bonds. The average molecular weight is 347 g/mol. The Bertz CT molecular complexity index is 851. The molecule has 0 bridgehead atoms. The second-order valence-corrected chi connectivity index (χ2v) is 6.09. The van der Waals surface area contributed by atoms with Crippen molar-refractivity contribution in [1.29, 1.82) is 0 Å². The molecule has 0 aliphatic carbocycles. The molecule has 0 aliphatic rings. The molecule has 0 fully saturated rings. The topological polar surface area (TPSA) is 90.6 Å². The summed E-state index contributed by atoms with van der Waals surface area (Å²) in [4.78, 5) is 13.0. The number of rotatable bonds is 6. The molecule has 0 saturated carbocycles. The molecule has 24 heavy (non-hydrogen) atoms. The van der Waals surface area contributed by atoms with Crippen LogP contribution >= 0.6 is 11.3 Å². The maximum absolute atomic E-state index is 12.3. The SMILES string of the molecule is COc1cc(OC)cc(C(=O)NCCc2nn3c(C)nnc3s2)c1. The number of hydrogen-bond donors (Lipinski definition) is 1. The van der Waals surface area contributed by atoms with Crippen LogP contribution in [0.25, 0.3) is 4.96 Å². The van der Waals surface area contributed by atoms with Crippen LogP contribution in [0.2, 0.25) is 0 Å². The molecule has 0 unspecified atom stereocenters. The molecule has 3 rings (SSSR count). The number of amides is 1. The zero-order valence-corrected chi connectivity index (χ0v) is 14.4. The van der Waals surface area contributed by atoms with Crippen LogP contribution in [-0.4, -0.2) is 46.5 Å². The van der Waals surface area contributed by atoms with Gasteiger partial charge < -0.3 is 14.8 Å². The summed E-state index contributed by atoms with van der Waals surface area (Å²) in [5, 5.41) is 16.1. The van der Waals surface area contributed by atoms with Crippen molar-refractivity contribution in [2.24, 2.45) is 0 Å². The second kappa shape index (κ2) is 6.83. The van der Waals surface area contributed by atoms with Crippen LogP contribution in [0.5, 0.6) is 11.5 Å². The van der Waals surface area contributed by atoms with Gasteiger partial charge in [0, 0.05) is 24.6 Å². The minimum Gasteiger partial charge on any atom is -0.497 e. The molecule has 0 spiro atoms. The van der Waals surface area contributed by atoms with Crippen molar-refractivity contribution < 1.29 is 14.3 Å². The maximum atomic E-state index is 12.3. The molecule has 0 radical (unpaired) electrons. The molecule has 0 aliphatic heterocycles. The molecule has 1 N–H and O–H groups in total. The lowest BCUT2D eigenvalue weighted by Gasteiger charge is -2.08. The molecule has 2 heterocycles. The first-order chi connectivity index (χ1) is 11.6. The number of nitrogens with zero attached hydrogens (tertiary/aromatic N) is 4. The highest BCUT2D eigenvalue weighted by Gasteiger charge is 2.11. The van der Waals surface area contributed by atoms with E-state index in [2.05, 4.69) is 20.6 Å². The Morgan fingerprint density at radius 1 is 1.21 bits per heavy atom. The number of hydrogen-bond acceptors (Lipinski definition) is 7. The van der Waals surface area contributed by atoms with E-state index in [0.717, 1.165) is 15.8 Å². The van der Waals surface area contributed by atoms with Gasteiger partial charge in [-0.1, -0.05) is 11.3 Å². The minimum absolute atomic E-state index is 0.189. The van der Waals surface area contributed by atoms with Crippen LogP contribution < -0.4 is 14.8 Å². The fourth-order valence-electron chi connectivity index (χ4n) is 2.18. The van der Waals surface area contributed by atoms with Gasteiger partial charge in [-0.2, -0.15) is 9.61 Å². The van der Waals surface area contributed by atoms with Crippen molar-refractivity contribution in [3.05, 3.63) is 34.6 Å². The molecular formula is C15H17N5O3S. The monoisotopic (exact) mass is 347 g/mol. The van der Waals surface area contributed by atoms with Crippen LogP contribution in [0, 0.1) is 6.92 Å². The number of aryl methyl sites for hydroxylation is 1. The highest BCUT2D eigenvalue weighted by molar-refractivity contribution is 7.16. The summed E-state index contributed by atoms with van der Waals surface area (Å²) in [6, 6.07) is 5.06. The Morgan fingerprint density at radius 2 is 1.92 bits per heavy atom. The van der Waals surface area contributed by atoms with Gasteiger partial charge in [-0.15, -0.1) is 10.2 Å². The van der Waals surface area contributed by atoms with E-state index in [1.54, 1.807) is 36.9 Å². The van der Waals surface area contributed by atoms with Crippen LogP contribution in [-0.2, 0) is 6.42 Å². The van der Waals surface area contributed by atoms with Crippen molar-refractivity contribution in [3.8, 4) is 11.5 Å². The summed E-state index contributed by atoms with van der Waals surface area (Å²) in [5.74, 6) is 1.71. The number of methoxy groups -OCH3 is 2. The summed E-state index contributed by atoms with van der Waals surface area (Å²) in [5.41, 5.74) is 0.486. The van der Waals surface area contributed by atoms with E-state index in [-0.39, 0.29) is 5.91 Å². The van der Waals surface area contributed by atoms with Crippen LogP contribution in [0.1, 0.15) is 21.2 Å². The number of ether oxygens (including phenoxy) is 2. The van der Waals surface area contributed by atoms with E-state index >= 15 is 0 Å². The van der Waals surface area contributed by atoms with Gasteiger partial charge in [0.25, 0.3) is 5.91 Å². The fraction of sp³-hybridized carbons (Fsp3) is 0.333. The lowest BCUT2D eigenvalue weighted by molar-refractivity contribution is 0.0953. The predicted molar refractivity (Wildman–Crippen MR) is 89.0 cm³/mol. The maximum Gasteiger partial charge on any atom is 0.251 e. The molecule has 8 nitrogen and oxygen atoms in total. The largest absolute Gasteiger partial charge is 0.497 e. The number of fused-ring (bicyclic) bond motifs is 1. The highest BCUT2D eigenvalue weighted by Crippen LogP contribution is 2.22. The summed E-state index contributed by atoms with van der Waals surface area (Å²) in [6.07, 6.45) is 0.625. The zero-order valence-electron chi connectivity index (χ0n) is 13.6. The van der Waals surface area contributed by atoms with Gasteiger partial charge >= 0.3 is 0 Å². The van der Waals surface area contributed by atoms with Gasteiger partial charge in [0.2, 0.25) is 4.96 Å². The summed E-state index contributed by atoms with van der Waals surface area (Å²) in [7, 11) is 3.10. The Hall–Kier alpha value is -2.68. The minimum atomic E-state index is -0.189. The highest BCUT2D eigenvalue weighted by atomic mass is 32.1. The van der Waals surface area contributed by atoms with Crippen molar-refractivity contribution in [3.63, 3.8) is 0 Å². The Kier molecular flexibility index (Phi) is 4.61. The van der Waals surface area contributed by atoms with E-state index in [9.17, 15) is 4.79 Å².